The zero-order valence-electron chi connectivity index (χ0n) is 8.70. The van der Waals surface area contributed by atoms with Crippen LogP contribution in [0.4, 0.5) is 5.69 Å². The molecule has 1 N–H and O–H groups in total. The van der Waals surface area contributed by atoms with E-state index in [1.807, 2.05) is 24.3 Å². The number of nitrogens with one attached hydrogen (secondary N) is 1. The molecule has 0 aliphatic carbocycles. The monoisotopic (exact) mass is 237 g/mol. The van der Waals surface area contributed by atoms with Gasteiger partial charge in [0.25, 0.3) is 5.91 Å². The molecule has 2 aliphatic rings. The number of benzene rings is 1. The highest BCUT2D eigenvalue weighted by Crippen LogP contribution is 2.47. The lowest BCUT2D eigenvalue weighted by Crippen LogP contribution is -2.34. The van der Waals surface area contributed by atoms with Crippen molar-refractivity contribution in [3.05, 3.63) is 29.8 Å². The van der Waals surface area contributed by atoms with Gasteiger partial charge in [-0.05, 0) is 18.9 Å². The average Bonchev–Trinajstić information content (AvgIpc) is 2.85. The number of alkyl halides is 1. The fourth-order valence-corrected chi connectivity index (χ4v) is 2.75. The number of para-hydroxylation sites is 1. The molecule has 1 aromatic carbocycles. The fraction of sp³-hybridized carbons (Fsp3) is 0.417. The van der Waals surface area contributed by atoms with Gasteiger partial charge >= 0.3 is 0 Å². The van der Waals surface area contributed by atoms with Crippen molar-refractivity contribution in [2.24, 2.45) is 0 Å². The Morgan fingerprint density at radius 3 is 3.06 bits per heavy atom. The summed E-state index contributed by atoms with van der Waals surface area (Å²) in [6, 6.07) is 7.69. The van der Waals surface area contributed by atoms with Crippen molar-refractivity contribution >= 4 is 23.2 Å². The van der Waals surface area contributed by atoms with Gasteiger partial charge in [0.2, 0.25) is 0 Å². The maximum atomic E-state index is 12.0. The fourth-order valence-electron chi connectivity index (χ4n) is 2.53. The molecule has 1 saturated heterocycles. The van der Waals surface area contributed by atoms with Gasteiger partial charge in [-0.25, -0.2) is 0 Å². The van der Waals surface area contributed by atoms with Gasteiger partial charge in [0.15, 0.2) is 5.60 Å². The summed E-state index contributed by atoms with van der Waals surface area (Å²) in [5.41, 5.74) is 1.03. The van der Waals surface area contributed by atoms with E-state index in [4.69, 9.17) is 16.3 Å². The van der Waals surface area contributed by atoms with E-state index >= 15 is 0 Å². The Morgan fingerprint density at radius 1 is 1.50 bits per heavy atom. The first kappa shape index (κ1) is 10.1. The highest BCUT2D eigenvalue weighted by atomic mass is 35.5. The Bertz CT molecular complexity index is 448. The largest absolute Gasteiger partial charge is 0.356 e. The van der Waals surface area contributed by atoms with Crippen LogP contribution in [-0.4, -0.2) is 17.9 Å². The van der Waals surface area contributed by atoms with Gasteiger partial charge in [-0.2, -0.15) is 0 Å². The van der Waals surface area contributed by atoms with E-state index in [1.165, 1.54) is 0 Å². The van der Waals surface area contributed by atoms with Crippen molar-refractivity contribution in [3.8, 4) is 0 Å². The van der Waals surface area contributed by atoms with Crippen LogP contribution in [0.15, 0.2) is 24.3 Å². The number of ether oxygens (including phenoxy) is 1. The molecule has 1 spiro atoms. The lowest BCUT2D eigenvalue weighted by molar-refractivity contribution is -0.138. The third-order valence-electron chi connectivity index (χ3n) is 3.34. The van der Waals surface area contributed by atoms with E-state index in [0.717, 1.165) is 17.7 Å². The zero-order valence-corrected chi connectivity index (χ0v) is 9.46. The molecular formula is C12H12ClNO2. The summed E-state index contributed by atoms with van der Waals surface area (Å²) in [5.74, 6) is 0.387. The van der Waals surface area contributed by atoms with Crippen molar-refractivity contribution < 1.29 is 9.53 Å². The zero-order chi connectivity index (χ0) is 11.2. The molecule has 84 valence electrons. The highest BCUT2D eigenvalue weighted by molar-refractivity contribution is 6.18. The lowest BCUT2D eigenvalue weighted by Gasteiger charge is -2.21. The van der Waals surface area contributed by atoms with Crippen molar-refractivity contribution in [2.45, 2.75) is 24.5 Å². The quantitative estimate of drug-likeness (QED) is 0.761. The molecule has 0 saturated carbocycles. The minimum atomic E-state index is -0.782. The van der Waals surface area contributed by atoms with Gasteiger partial charge in [0.05, 0.1) is 6.10 Å². The van der Waals surface area contributed by atoms with E-state index in [0.29, 0.717) is 12.3 Å². The van der Waals surface area contributed by atoms with Gasteiger partial charge in [0.1, 0.15) is 0 Å². The summed E-state index contributed by atoms with van der Waals surface area (Å²) in [5, 5.41) is 2.87. The third-order valence-corrected chi connectivity index (χ3v) is 3.68. The molecule has 0 bridgehead atoms. The number of anilines is 1. The van der Waals surface area contributed by atoms with Gasteiger partial charge in [-0.1, -0.05) is 18.2 Å². The molecule has 4 heteroatoms. The molecule has 16 heavy (non-hydrogen) atoms. The smallest absolute Gasteiger partial charge is 0.261 e. The van der Waals surface area contributed by atoms with Crippen LogP contribution >= 0.6 is 11.6 Å². The summed E-state index contributed by atoms with van der Waals surface area (Å²) in [6.07, 6.45) is 1.54. The summed E-state index contributed by atoms with van der Waals surface area (Å²) < 4.78 is 5.85. The second-order valence-corrected chi connectivity index (χ2v) is 4.57. The van der Waals surface area contributed by atoms with Crippen molar-refractivity contribution in [2.75, 3.05) is 11.2 Å². The first-order valence-corrected chi connectivity index (χ1v) is 5.94. The minimum absolute atomic E-state index is 0.0152. The van der Waals surface area contributed by atoms with Crippen LogP contribution in [-0.2, 0) is 15.1 Å². The van der Waals surface area contributed by atoms with Crippen LogP contribution in [0.2, 0.25) is 0 Å². The van der Waals surface area contributed by atoms with Gasteiger partial charge in [0, 0.05) is 17.1 Å². The molecule has 2 atom stereocenters. The van der Waals surface area contributed by atoms with E-state index in [1.54, 1.807) is 0 Å². The Hall–Kier alpha value is -1.06. The van der Waals surface area contributed by atoms with E-state index < -0.39 is 5.60 Å². The Kier molecular flexibility index (Phi) is 2.19. The van der Waals surface area contributed by atoms with Crippen LogP contribution in [0, 0.1) is 0 Å². The number of carbonyl (C=O) groups excluding carboxylic acids is 1. The predicted molar refractivity (Wildman–Crippen MR) is 61.6 cm³/mol. The second-order valence-electron chi connectivity index (χ2n) is 4.26. The Balaban J connectivity index is 2.05. The summed E-state index contributed by atoms with van der Waals surface area (Å²) in [7, 11) is 0. The first-order valence-electron chi connectivity index (χ1n) is 5.41. The SMILES string of the molecule is O=C1Nc2ccccc2C12CCC(CCl)O2. The number of hydrogen-bond donors (Lipinski definition) is 1. The molecule has 3 nitrogen and oxygen atoms in total. The maximum absolute atomic E-state index is 12.0. The van der Waals surface area contributed by atoms with Crippen LogP contribution in [0.5, 0.6) is 0 Å². The number of carbonyl (C=O) groups is 1. The topological polar surface area (TPSA) is 38.3 Å². The molecule has 1 amide bonds. The number of amides is 1. The normalized spacial score (nSPS) is 31.8. The van der Waals surface area contributed by atoms with Crippen LogP contribution in [0.1, 0.15) is 18.4 Å². The van der Waals surface area contributed by atoms with Crippen LogP contribution in [0.3, 0.4) is 0 Å². The van der Waals surface area contributed by atoms with Gasteiger partial charge < -0.3 is 10.1 Å². The van der Waals surface area contributed by atoms with Crippen molar-refractivity contribution in [3.63, 3.8) is 0 Å². The molecule has 0 radical (unpaired) electrons. The number of fused-ring (bicyclic) bond motifs is 2. The van der Waals surface area contributed by atoms with E-state index in [9.17, 15) is 4.79 Å². The second kappa shape index (κ2) is 3.47. The number of rotatable bonds is 1. The maximum Gasteiger partial charge on any atom is 0.261 e. The third kappa shape index (κ3) is 1.22. The number of hydrogen-bond acceptors (Lipinski definition) is 2. The van der Waals surface area contributed by atoms with Crippen molar-refractivity contribution in [1.82, 2.24) is 0 Å². The predicted octanol–water partition coefficient (Wildman–Crippen LogP) is 2.25. The molecule has 2 heterocycles. The summed E-state index contributed by atoms with van der Waals surface area (Å²) in [6.45, 7) is 0. The first-order chi connectivity index (χ1) is 7.76. The molecule has 3 rings (SSSR count). The Labute approximate surface area is 98.7 Å². The average molecular weight is 238 g/mol. The van der Waals surface area contributed by atoms with Gasteiger partial charge in [-0.15, -0.1) is 11.6 Å². The molecule has 0 aromatic heterocycles. The molecular weight excluding hydrogens is 226 g/mol. The molecule has 1 aromatic rings. The summed E-state index contributed by atoms with van der Waals surface area (Å²) in [4.78, 5) is 12.0. The molecule has 2 unspecified atom stereocenters. The number of halogens is 1. The van der Waals surface area contributed by atoms with Gasteiger partial charge in [-0.3, -0.25) is 4.79 Å². The minimum Gasteiger partial charge on any atom is -0.356 e. The van der Waals surface area contributed by atoms with Crippen LogP contribution < -0.4 is 5.32 Å². The standard InChI is InChI=1S/C12H12ClNO2/c13-7-8-5-6-12(16-8)9-3-1-2-4-10(9)14-11(12)15/h1-4,8H,5-7H2,(H,14,15). The molecule has 1 fully saturated rings. The Morgan fingerprint density at radius 2 is 2.31 bits per heavy atom. The van der Waals surface area contributed by atoms with E-state index in [2.05, 4.69) is 5.32 Å². The van der Waals surface area contributed by atoms with Crippen LogP contribution in [0.25, 0.3) is 0 Å². The lowest BCUT2D eigenvalue weighted by atomic mass is 9.92. The molecule has 2 aliphatic heterocycles. The van der Waals surface area contributed by atoms with E-state index in [-0.39, 0.29) is 12.0 Å². The summed E-state index contributed by atoms with van der Waals surface area (Å²) >= 11 is 5.79. The highest BCUT2D eigenvalue weighted by Gasteiger charge is 2.52. The van der Waals surface area contributed by atoms with Crippen molar-refractivity contribution in [1.29, 1.82) is 0 Å².